The number of phenols is 1. The Bertz CT molecular complexity index is 1020. The van der Waals surface area contributed by atoms with E-state index < -0.39 is 67.4 Å². The monoisotopic (exact) mass is 522 g/mol. The summed E-state index contributed by atoms with van der Waals surface area (Å²) in [7, 11) is 0. The van der Waals surface area contributed by atoms with Gasteiger partial charge in [0, 0.05) is 23.8 Å². The zero-order chi connectivity index (χ0) is 26.7. The van der Waals surface area contributed by atoms with Gasteiger partial charge in [0.25, 0.3) is 0 Å². The zero-order valence-corrected chi connectivity index (χ0v) is 19.7. The number of ether oxygens (including phenoxy) is 4. The summed E-state index contributed by atoms with van der Waals surface area (Å²) < 4.78 is 22.2. The average Bonchev–Trinajstić information content (AvgIpc) is 3.31. The molecule has 1 aliphatic carbocycles. The summed E-state index contributed by atoms with van der Waals surface area (Å²) in [5.41, 5.74) is 0.722. The number of aliphatic hydroxyl groups is 4. The fourth-order valence-corrected chi connectivity index (χ4v) is 5.03. The summed E-state index contributed by atoms with van der Waals surface area (Å²) in [4.78, 5) is 24.1. The molecule has 0 amide bonds. The molecule has 9 unspecified atom stereocenters. The predicted molar refractivity (Wildman–Crippen MR) is 123 cm³/mol. The zero-order valence-electron chi connectivity index (χ0n) is 19.7. The number of benzene rings is 1. The Balaban J connectivity index is 1.44. The lowest BCUT2D eigenvalue weighted by Crippen LogP contribution is -2.60. The number of rotatable bonds is 8. The van der Waals surface area contributed by atoms with Crippen LogP contribution in [0.4, 0.5) is 0 Å². The van der Waals surface area contributed by atoms with Crippen LogP contribution >= 0.6 is 0 Å². The number of esters is 1. The van der Waals surface area contributed by atoms with Crippen molar-refractivity contribution >= 4 is 18.0 Å². The first-order valence-electron chi connectivity index (χ1n) is 11.9. The van der Waals surface area contributed by atoms with Crippen molar-refractivity contribution < 1.29 is 59.2 Å². The first kappa shape index (κ1) is 27.0. The quantitative estimate of drug-likeness (QED) is 0.194. The third-order valence-corrected chi connectivity index (χ3v) is 7.01. The van der Waals surface area contributed by atoms with Gasteiger partial charge in [-0.2, -0.15) is 0 Å². The van der Waals surface area contributed by atoms with E-state index in [0.29, 0.717) is 18.4 Å². The Labute approximate surface area is 212 Å². The summed E-state index contributed by atoms with van der Waals surface area (Å²) >= 11 is 0. The number of phenolic OH excluding ortho intramolecular Hbond substituents is 1. The van der Waals surface area contributed by atoms with Crippen molar-refractivity contribution in [2.24, 2.45) is 17.8 Å². The van der Waals surface area contributed by atoms with Crippen LogP contribution in [-0.4, -0.2) is 92.8 Å². The van der Waals surface area contributed by atoms with E-state index >= 15 is 0 Å². The van der Waals surface area contributed by atoms with E-state index in [-0.39, 0.29) is 23.8 Å². The van der Waals surface area contributed by atoms with Crippen molar-refractivity contribution in [2.45, 2.75) is 49.8 Å². The average molecular weight is 523 g/mol. The SMILES string of the molecule is O=C(/C=C/c1ccc(O)cc1)OCC1CCC2C(C(=O)O)=COC(OC3OC(CO)C(O)C(O)C3O)C12. The highest BCUT2D eigenvalue weighted by Gasteiger charge is 2.52. The molecule has 0 bridgehead atoms. The van der Waals surface area contributed by atoms with E-state index in [9.17, 15) is 40.2 Å². The highest BCUT2D eigenvalue weighted by molar-refractivity contribution is 5.87. The molecule has 9 atom stereocenters. The molecule has 0 aromatic heterocycles. The van der Waals surface area contributed by atoms with E-state index in [4.69, 9.17) is 18.9 Å². The van der Waals surface area contributed by atoms with Crippen molar-refractivity contribution in [3.8, 4) is 5.75 Å². The molecule has 12 heteroatoms. The van der Waals surface area contributed by atoms with Crippen LogP contribution < -0.4 is 0 Å². The number of aliphatic hydroxyl groups excluding tert-OH is 4. The number of carbonyl (C=O) groups excluding carboxylic acids is 1. The second kappa shape index (κ2) is 11.6. The molecule has 12 nitrogen and oxygen atoms in total. The molecule has 6 N–H and O–H groups in total. The Morgan fingerprint density at radius 3 is 2.43 bits per heavy atom. The van der Waals surface area contributed by atoms with Gasteiger partial charge in [-0.25, -0.2) is 9.59 Å². The lowest BCUT2D eigenvalue weighted by molar-refractivity contribution is -0.342. The van der Waals surface area contributed by atoms with Gasteiger partial charge in [0.05, 0.1) is 25.0 Å². The normalized spacial score (nSPS) is 35.5. The molecule has 2 fully saturated rings. The Morgan fingerprint density at radius 2 is 1.76 bits per heavy atom. The maximum absolute atomic E-state index is 12.3. The number of aromatic hydroxyl groups is 1. The molecule has 0 radical (unpaired) electrons. The standard InChI is InChI=1S/C25H30O12/c26-9-17-20(29)21(30)22(31)25(36-17)37-24-19-13(4-7-15(19)16(11-35-24)23(32)33)10-34-18(28)8-3-12-1-5-14(27)6-2-12/h1-3,5-6,8,11,13,15,17,19-22,24-27,29-31H,4,7,9-10H2,(H,32,33)/b8-3+. The smallest absolute Gasteiger partial charge is 0.334 e. The van der Waals surface area contributed by atoms with Crippen LogP contribution in [0, 0.1) is 17.8 Å². The van der Waals surface area contributed by atoms with Gasteiger partial charge in [0.15, 0.2) is 6.29 Å². The molecule has 1 saturated carbocycles. The third kappa shape index (κ3) is 5.95. The van der Waals surface area contributed by atoms with Crippen LogP contribution in [0.25, 0.3) is 6.08 Å². The van der Waals surface area contributed by atoms with Crippen molar-refractivity contribution in [1.82, 2.24) is 0 Å². The number of carboxylic acid groups (broad SMARTS) is 1. The maximum atomic E-state index is 12.3. The van der Waals surface area contributed by atoms with Crippen LogP contribution in [-0.2, 0) is 28.5 Å². The van der Waals surface area contributed by atoms with Crippen molar-refractivity contribution in [3.63, 3.8) is 0 Å². The van der Waals surface area contributed by atoms with Gasteiger partial charge in [0.1, 0.15) is 30.2 Å². The number of hydrogen-bond donors (Lipinski definition) is 6. The first-order valence-corrected chi connectivity index (χ1v) is 11.9. The highest BCUT2D eigenvalue weighted by Crippen LogP contribution is 2.47. The molecular formula is C25H30O12. The Kier molecular flexibility index (Phi) is 8.47. The summed E-state index contributed by atoms with van der Waals surface area (Å²) in [6.07, 6.45) is -3.84. The van der Waals surface area contributed by atoms with Crippen molar-refractivity contribution in [2.75, 3.05) is 13.2 Å². The van der Waals surface area contributed by atoms with Gasteiger partial charge in [0.2, 0.25) is 6.29 Å². The molecule has 2 heterocycles. The second-order valence-electron chi connectivity index (χ2n) is 9.29. The Morgan fingerprint density at radius 1 is 1.03 bits per heavy atom. The minimum absolute atomic E-state index is 0.0414. The summed E-state index contributed by atoms with van der Waals surface area (Å²) in [6, 6.07) is 6.22. The highest BCUT2D eigenvalue weighted by atomic mass is 16.8. The van der Waals surface area contributed by atoms with Gasteiger partial charge in [-0.05, 0) is 36.6 Å². The molecule has 4 rings (SSSR count). The van der Waals surface area contributed by atoms with Crippen LogP contribution in [0.5, 0.6) is 5.75 Å². The van der Waals surface area contributed by atoms with Crippen molar-refractivity contribution in [3.05, 3.63) is 47.7 Å². The number of aliphatic carboxylic acids is 1. The van der Waals surface area contributed by atoms with E-state index in [1.54, 1.807) is 12.1 Å². The van der Waals surface area contributed by atoms with Gasteiger partial charge in [-0.1, -0.05) is 12.1 Å². The topological polar surface area (TPSA) is 192 Å². The number of carboxylic acids is 1. The van der Waals surface area contributed by atoms with Crippen LogP contribution in [0.2, 0.25) is 0 Å². The molecule has 0 spiro atoms. The fraction of sp³-hybridized carbons (Fsp3) is 0.520. The van der Waals surface area contributed by atoms with Gasteiger partial charge >= 0.3 is 11.9 Å². The molecule has 1 aromatic rings. The lowest BCUT2D eigenvalue weighted by atomic mass is 9.83. The van der Waals surface area contributed by atoms with Gasteiger partial charge in [-0.15, -0.1) is 0 Å². The molecule has 37 heavy (non-hydrogen) atoms. The molecule has 2 aliphatic heterocycles. The minimum Gasteiger partial charge on any atom is -0.508 e. The van der Waals surface area contributed by atoms with Crippen LogP contribution in [0.1, 0.15) is 18.4 Å². The summed E-state index contributed by atoms with van der Waals surface area (Å²) in [6.45, 7) is -0.688. The molecule has 1 aromatic carbocycles. The summed E-state index contributed by atoms with van der Waals surface area (Å²) in [5.74, 6) is -3.10. The van der Waals surface area contributed by atoms with Crippen molar-refractivity contribution in [1.29, 1.82) is 0 Å². The summed E-state index contributed by atoms with van der Waals surface area (Å²) in [5, 5.41) is 58.8. The molecule has 3 aliphatic rings. The predicted octanol–water partition coefficient (Wildman–Crippen LogP) is -0.268. The van der Waals surface area contributed by atoms with E-state index in [1.807, 2.05) is 0 Å². The van der Waals surface area contributed by atoms with Gasteiger partial charge < -0.3 is 49.6 Å². The molecule has 202 valence electrons. The second-order valence-corrected chi connectivity index (χ2v) is 9.29. The van der Waals surface area contributed by atoms with Crippen LogP contribution in [0.15, 0.2) is 42.2 Å². The fourth-order valence-electron chi connectivity index (χ4n) is 5.03. The lowest BCUT2D eigenvalue weighted by Gasteiger charge is -2.43. The largest absolute Gasteiger partial charge is 0.508 e. The third-order valence-electron chi connectivity index (χ3n) is 7.01. The molecule has 1 saturated heterocycles. The number of hydrogen-bond acceptors (Lipinski definition) is 11. The minimum atomic E-state index is -1.66. The number of fused-ring (bicyclic) bond motifs is 1. The Hall–Kier alpha value is -3.00. The van der Waals surface area contributed by atoms with E-state index in [1.165, 1.54) is 24.3 Å². The van der Waals surface area contributed by atoms with Gasteiger partial charge in [-0.3, -0.25) is 0 Å². The number of carbonyl (C=O) groups is 2. The molecular weight excluding hydrogens is 492 g/mol. The van der Waals surface area contributed by atoms with E-state index in [2.05, 4.69) is 0 Å². The van der Waals surface area contributed by atoms with E-state index in [0.717, 1.165) is 6.26 Å². The first-order chi connectivity index (χ1) is 17.7. The maximum Gasteiger partial charge on any atom is 0.334 e. The van der Waals surface area contributed by atoms with Crippen LogP contribution in [0.3, 0.4) is 0 Å².